The molecule has 7 rings (SSSR count). The number of benzene rings is 1. The van der Waals surface area contributed by atoms with Crippen LogP contribution in [0.1, 0.15) is 66.3 Å². The molecule has 3 fully saturated rings. The first-order valence-electron chi connectivity index (χ1n) is 12.9. The number of piperidine rings is 1. The van der Waals surface area contributed by atoms with Crippen LogP contribution in [0.3, 0.4) is 0 Å². The molecule has 3 aliphatic rings. The van der Waals surface area contributed by atoms with Crippen LogP contribution in [0.15, 0.2) is 41.1 Å². The number of carbonyl (C=O) groups is 1. The van der Waals surface area contributed by atoms with Crippen molar-refractivity contribution in [3.8, 4) is 11.3 Å². The highest BCUT2D eigenvalue weighted by atomic mass is 19.1. The van der Waals surface area contributed by atoms with E-state index in [0.29, 0.717) is 17.0 Å². The summed E-state index contributed by atoms with van der Waals surface area (Å²) in [6.45, 7) is 0.180. The van der Waals surface area contributed by atoms with E-state index in [2.05, 4.69) is 20.1 Å². The lowest BCUT2D eigenvalue weighted by molar-refractivity contribution is 0.0145. The highest BCUT2D eigenvalue weighted by Crippen LogP contribution is 2.45. The summed E-state index contributed by atoms with van der Waals surface area (Å²) in [6.07, 6.45) is 6.90. The lowest BCUT2D eigenvalue weighted by Gasteiger charge is -2.39. The third-order valence-electron chi connectivity index (χ3n) is 7.91. The van der Waals surface area contributed by atoms with Gasteiger partial charge in [0.15, 0.2) is 11.3 Å². The number of carboxylic acid groups (broad SMARTS) is 1. The fraction of sp³-hybridized carbons (Fsp3) is 0.407. The molecule has 1 N–H and O–H groups in total. The van der Waals surface area contributed by atoms with Crippen molar-refractivity contribution in [1.82, 2.24) is 19.8 Å². The molecule has 9 nitrogen and oxygen atoms in total. The number of rotatable bonds is 7. The SMILES string of the molecule is O=C(O)c1cn2nc(N3[C@@H]4CC[C@H]3C[C@@H](OCc3c(-c5c(F)cccc5F)noc3C3CC3)C4)ccc2n1. The number of aromatic nitrogens is 4. The molecule has 1 aromatic carbocycles. The summed E-state index contributed by atoms with van der Waals surface area (Å²) in [5, 5.41) is 17.9. The van der Waals surface area contributed by atoms with E-state index in [1.165, 1.54) is 28.9 Å². The van der Waals surface area contributed by atoms with Gasteiger partial charge in [0.1, 0.15) is 28.9 Å². The normalized spacial score (nSPS) is 22.9. The maximum absolute atomic E-state index is 14.6. The molecule has 2 saturated heterocycles. The van der Waals surface area contributed by atoms with Crippen LogP contribution in [0.4, 0.5) is 14.6 Å². The number of hydrogen-bond acceptors (Lipinski definition) is 7. The zero-order valence-electron chi connectivity index (χ0n) is 20.4. The van der Waals surface area contributed by atoms with Gasteiger partial charge >= 0.3 is 5.97 Å². The first-order valence-corrected chi connectivity index (χ1v) is 12.9. The van der Waals surface area contributed by atoms with Crippen LogP contribution in [-0.2, 0) is 11.3 Å². The van der Waals surface area contributed by atoms with Gasteiger partial charge in [-0.15, -0.1) is 5.10 Å². The Morgan fingerprint density at radius 1 is 1.08 bits per heavy atom. The molecule has 4 aromatic rings. The third-order valence-corrected chi connectivity index (χ3v) is 7.91. The summed E-state index contributed by atoms with van der Waals surface area (Å²) >= 11 is 0. The average molecular weight is 522 g/mol. The van der Waals surface area contributed by atoms with Gasteiger partial charge < -0.3 is 19.3 Å². The number of ether oxygens (including phenoxy) is 1. The molecule has 11 heteroatoms. The minimum absolute atomic E-state index is 0.0281. The van der Waals surface area contributed by atoms with Crippen LogP contribution in [0.25, 0.3) is 16.9 Å². The van der Waals surface area contributed by atoms with Crippen LogP contribution in [0, 0.1) is 11.6 Å². The van der Waals surface area contributed by atoms with Crippen molar-refractivity contribution >= 4 is 17.4 Å². The Labute approximate surface area is 216 Å². The molecular formula is C27H25F2N5O4. The van der Waals surface area contributed by atoms with Crippen molar-refractivity contribution in [1.29, 1.82) is 0 Å². The van der Waals surface area contributed by atoms with Gasteiger partial charge in [0.05, 0.1) is 24.5 Å². The molecule has 1 aliphatic carbocycles. The van der Waals surface area contributed by atoms with E-state index in [9.17, 15) is 18.7 Å². The van der Waals surface area contributed by atoms with Crippen LogP contribution in [0.5, 0.6) is 0 Å². The molecule has 0 unspecified atom stereocenters. The van der Waals surface area contributed by atoms with Gasteiger partial charge in [0.2, 0.25) is 0 Å². The minimum Gasteiger partial charge on any atom is -0.476 e. The quantitative estimate of drug-likeness (QED) is 0.364. The van der Waals surface area contributed by atoms with Gasteiger partial charge in [-0.05, 0) is 62.8 Å². The van der Waals surface area contributed by atoms with Gasteiger partial charge in [0.25, 0.3) is 0 Å². The maximum Gasteiger partial charge on any atom is 0.356 e. The first kappa shape index (κ1) is 23.3. The zero-order chi connectivity index (χ0) is 26.0. The summed E-state index contributed by atoms with van der Waals surface area (Å²) in [7, 11) is 0. The van der Waals surface area contributed by atoms with E-state index in [4.69, 9.17) is 9.26 Å². The molecule has 1 saturated carbocycles. The second-order valence-corrected chi connectivity index (χ2v) is 10.4. The maximum atomic E-state index is 14.6. The summed E-state index contributed by atoms with van der Waals surface area (Å²) < 4.78 is 42.6. The monoisotopic (exact) mass is 521 g/mol. The summed E-state index contributed by atoms with van der Waals surface area (Å²) in [5.74, 6) is -0.772. The second-order valence-electron chi connectivity index (χ2n) is 10.4. The van der Waals surface area contributed by atoms with Crippen molar-refractivity contribution in [3.63, 3.8) is 0 Å². The van der Waals surface area contributed by atoms with E-state index >= 15 is 0 Å². The Morgan fingerprint density at radius 2 is 1.82 bits per heavy atom. The van der Waals surface area contributed by atoms with E-state index in [0.717, 1.165) is 44.3 Å². The predicted octanol–water partition coefficient (Wildman–Crippen LogP) is 4.95. The topological polar surface area (TPSA) is 106 Å². The third kappa shape index (κ3) is 3.92. The lowest BCUT2D eigenvalue weighted by atomic mass is 9.99. The number of imidazole rings is 1. The Kier molecular flexibility index (Phi) is 5.43. The van der Waals surface area contributed by atoms with Crippen molar-refractivity contribution in [3.05, 3.63) is 65.2 Å². The van der Waals surface area contributed by atoms with E-state index in [1.807, 2.05) is 6.07 Å². The number of carboxylic acids is 1. The Morgan fingerprint density at radius 3 is 2.50 bits per heavy atom. The molecule has 3 atom stereocenters. The highest BCUT2D eigenvalue weighted by molar-refractivity contribution is 5.86. The molecule has 0 radical (unpaired) electrons. The molecule has 2 aliphatic heterocycles. The number of nitrogens with zero attached hydrogens (tertiary/aromatic N) is 5. The number of anilines is 1. The second kappa shape index (κ2) is 8.87. The minimum atomic E-state index is -1.09. The molecule has 5 heterocycles. The van der Waals surface area contributed by atoms with Gasteiger partial charge in [-0.25, -0.2) is 23.1 Å². The van der Waals surface area contributed by atoms with E-state index in [1.54, 1.807) is 6.07 Å². The number of hydrogen-bond donors (Lipinski definition) is 1. The largest absolute Gasteiger partial charge is 0.476 e. The van der Waals surface area contributed by atoms with Crippen molar-refractivity contribution in [2.24, 2.45) is 0 Å². The Hall–Kier alpha value is -3.86. The van der Waals surface area contributed by atoms with Crippen LogP contribution in [0.2, 0.25) is 0 Å². The Balaban J connectivity index is 1.10. The molecular weight excluding hydrogens is 496 g/mol. The molecule has 38 heavy (non-hydrogen) atoms. The van der Waals surface area contributed by atoms with Gasteiger partial charge in [-0.1, -0.05) is 11.2 Å². The average Bonchev–Trinajstić information content (AvgIpc) is 3.41. The Bertz CT molecular complexity index is 1510. The number of halogens is 2. The molecule has 2 bridgehead atoms. The lowest BCUT2D eigenvalue weighted by Crippen LogP contribution is -2.46. The van der Waals surface area contributed by atoms with Crippen molar-refractivity contribution < 1.29 is 27.9 Å². The van der Waals surface area contributed by atoms with Crippen LogP contribution >= 0.6 is 0 Å². The molecule has 0 spiro atoms. The fourth-order valence-corrected chi connectivity index (χ4v) is 6.00. The van der Waals surface area contributed by atoms with Crippen LogP contribution < -0.4 is 4.90 Å². The smallest absolute Gasteiger partial charge is 0.356 e. The summed E-state index contributed by atoms with van der Waals surface area (Å²) in [6, 6.07) is 7.89. The highest BCUT2D eigenvalue weighted by Gasteiger charge is 2.42. The van der Waals surface area contributed by atoms with Crippen molar-refractivity contribution in [2.75, 3.05) is 4.90 Å². The van der Waals surface area contributed by atoms with Gasteiger partial charge in [-0.2, -0.15) is 0 Å². The fourth-order valence-electron chi connectivity index (χ4n) is 6.00. The van der Waals surface area contributed by atoms with Gasteiger partial charge in [-0.3, -0.25) is 0 Å². The first-order chi connectivity index (χ1) is 18.5. The standard InChI is InChI=1S/C27H25F2N5O4/c28-19-2-1-3-20(29)24(19)25-18(26(38-32-25)14-4-5-14)13-37-17-10-15-6-7-16(11-17)34(15)23-9-8-22-30-21(27(35)36)12-33(22)31-23/h1-3,8-9,12,14-17H,4-7,10-11,13H2,(H,35,36)/t15-,16+,17+. The van der Waals surface area contributed by atoms with Crippen molar-refractivity contribution in [2.45, 2.75) is 69.2 Å². The number of fused-ring (bicyclic) bond motifs is 3. The zero-order valence-corrected chi connectivity index (χ0v) is 20.4. The van der Waals surface area contributed by atoms with E-state index in [-0.39, 0.29) is 47.7 Å². The predicted molar refractivity (Wildman–Crippen MR) is 131 cm³/mol. The molecule has 0 amide bonds. The number of aromatic carboxylic acids is 1. The van der Waals surface area contributed by atoms with Gasteiger partial charge in [0, 0.05) is 23.6 Å². The summed E-state index contributed by atoms with van der Waals surface area (Å²) in [5.41, 5.74) is 1.08. The summed E-state index contributed by atoms with van der Waals surface area (Å²) in [4.78, 5) is 17.7. The van der Waals surface area contributed by atoms with E-state index < -0.39 is 17.6 Å². The molecule has 3 aromatic heterocycles. The molecule has 196 valence electrons. The van der Waals surface area contributed by atoms with Crippen LogP contribution in [-0.4, -0.2) is 49.0 Å².